The first-order valence-electron chi connectivity index (χ1n) is 6.67. The predicted molar refractivity (Wildman–Crippen MR) is 77.0 cm³/mol. The summed E-state index contributed by atoms with van der Waals surface area (Å²) in [5.41, 5.74) is -1.47. The van der Waals surface area contributed by atoms with Gasteiger partial charge in [-0.05, 0) is 30.3 Å². The van der Waals surface area contributed by atoms with Crippen LogP contribution < -0.4 is 5.32 Å². The van der Waals surface area contributed by atoms with E-state index in [-0.39, 0.29) is 12.1 Å². The summed E-state index contributed by atoms with van der Waals surface area (Å²) in [5.74, 6) is 1.84. The van der Waals surface area contributed by atoms with Gasteiger partial charge in [0.15, 0.2) is 0 Å². The van der Waals surface area contributed by atoms with Crippen molar-refractivity contribution >= 4 is 5.91 Å². The normalized spacial score (nSPS) is 10.7. The average Bonchev–Trinajstić information content (AvgIpc) is 2.51. The summed E-state index contributed by atoms with van der Waals surface area (Å²) in [6, 6.07) is 7.35. The molecule has 0 bridgehead atoms. The van der Waals surface area contributed by atoms with Crippen LogP contribution in [0.15, 0.2) is 42.5 Å². The van der Waals surface area contributed by atoms with Crippen LogP contribution in [0.3, 0.4) is 0 Å². The second kappa shape index (κ2) is 7.13. The quantitative estimate of drug-likeness (QED) is 0.655. The van der Waals surface area contributed by atoms with Gasteiger partial charge >= 0.3 is 6.18 Å². The van der Waals surface area contributed by atoms with E-state index >= 15 is 0 Å². The summed E-state index contributed by atoms with van der Waals surface area (Å²) in [6.07, 6.45) is -4.48. The van der Waals surface area contributed by atoms with Gasteiger partial charge in [0.05, 0.1) is 12.1 Å². The largest absolute Gasteiger partial charge is 0.416 e. The molecule has 0 atom stereocenters. The molecule has 2 nitrogen and oxygen atoms in total. The molecular weight excluding hydrogens is 329 g/mol. The Bertz CT molecular complexity index is 797. The molecule has 0 fully saturated rings. The van der Waals surface area contributed by atoms with Crippen molar-refractivity contribution in [2.24, 2.45) is 0 Å². The van der Waals surface area contributed by atoms with Gasteiger partial charge in [0, 0.05) is 5.56 Å². The van der Waals surface area contributed by atoms with Crippen LogP contribution in [0.2, 0.25) is 0 Å². The van der Waals surface area contributed by atoms with Crippen LogP contribution in [0.4, 0.5) is 22.0 Å². The minimum Gasteiger partial charge on any atom is -0.341 e. The van der Waals surface area contributed by atoms with Crippen LogP contribution in [0.5, 0.6) is 0 Å². The summed E-state index contributed by atoms with van der Waals surface area (Å²) in [6.45, 7) is -0.275. The van der Waals surface area contributed by atoms with E-state index in [4.69, 9.17) is 0 Å². The third kappa shape index (κ3) is 4.32. The summed E-state index contributed by atoms with van der Waals surface area (Å²) in [5, 5.41) is 2.18. The van der Waals surface area contributed by atoms with Crippen molar-refractivity contribution < 1.29 is 26.7 Å². The zero-order valence-corrected chi connectivity index (χ0v) is 12.0. The van der Waals surface area contributed by atoms with E-state index < -0.39 is 34.8 Å². The maximum atomic E-state index is 13.4. The average molecular weight is 339 g/mol. The second-order valence-electron chi connectivity index (χ2n) is 4.66. The van der Waals surface area contributed by atoms with Crippen molar-refractivity contribution in [1.29, 1.82) is 0 Å². The Hall–Kier alpha value is -2.88. The van der Waals surface area contributed by atoms with Crippen molar-refractivity contribution in [3.63, 3.8) is 0 Å². The Morgan fingerprint density at radius 2 is 1.67 bits per heavy atom. The number of amides is 1. The van der Waals surface area contributed by atoms with E-state index in [0.717, 1.165) is 30.3 Å². The van der Waals surface area contributed by atoms with Crippen molar-refractivity contribution in [3.8, 4) is 11.8 Å². The number of carbonyl (C=O) groups excluding carboxylic acids is 1. The van der Waals surface area contributed by atoms with Gasteiger partial charge in [-0.25, -0.2) is 8.78 Å². The molecule has 2 aromatic rings. The van der Waals surface area contributed by atoms with E-state index in [2.05, 4.69) is 17.2 Å². The first kappa shape index (κ1) is 17.5. The lowest BCUT2D eigenvalue weighted by molar-refractivity contribution is -0.137. The summed E-state index contributed by atoms with van der Waals surface area (Å²) < 4.78 is 64.4. The van der Waals surface area contributed by atoms with Gasteiger partial charge in [0.1, 0.15) is 17.2 Å². The van der Waals surface area contributed by atoms with Crippen molar-refractivity contribution in [3.05, 3.63) is 70.8 Å². The van der Waals surface area contributed by atoms with Gasteiger partial charge in [-0.2, -0.15) is 13.2 Å². The van der Waals surface area contributed by atoms with Crippen molar-refractivity contribution in [2.45, 2.75) is 6.18 Å². The minimum absolute atomic E-state index is 0.108. The molecule has 0 radical (unpaired) electrons. The number of carbonyl (C=O) groups is 1. The first-order chi connectivity index (χ1) is 11.3. The van der Waals surface area contributed by atoms with E-state index in [9.17, 15) is 26.7 Å². The van der Waals surface area contributed by atoms with E-state index in [1.54, 1.807) is 0 Å². The molecule has 0 saturated carbocycles. The molecular formula is C17H10F5NO. The van der Waals surface area contributed by atoms with Gasteiger partial charge in [-0.3, -0.25) is 4.79 Å². The highest BCUT2D eigenvalue weighted by Gasteiger charge is 2.30. The van der Waals surface area contributed by atoms with Gasteiger partial charge in [0.2, 0.25) is 0 Å². The molecule has 0 heterocycles. The van der Waals surface area contributed by atoms with Crippen LogP contribution in [0, 0.1) is 23.5 Å². The molecule has 0 spiro atoms. The fraction of sp³-hybridized carbons (Fsp3) is 0.118. The molecule has 0 aliphatic carbocycles. The standard InChI is InChI=1S/C17H10F5NO/c18-13-7-2-8-14(19)15(13)16(24)23-9-3-5-11-4-1-6-12(10-11)17(20,21)22/h1-2,4,6-8,10H,9H2,(H,23,24). The Balaban J connectivity index is 2.03. The third-order valence-corrected chi connectivity index (χ3v) is 2.95. The van der Waals surface area contributed by atoms with Gasteiger partial charge < -0.3 is 5.32 Å². The lowest BCUT2D eigenvalue weighted by atomic mass is 10.1. The van der Waals surface area contributed by atoms with E-state index in [1.165, 1.54) is 12.1 Å². The Kier molecular flexibility index (Phi) is 5.19. The SMILES string of the molecule is O=C(NCC#Cc1cccc(C(F)(F)F)c1)c1c(F)cccc1F. The number of alkyl halides is 3. The molecule has 2 aromatic carbocycles. The highest BCUT2D eigenvalue weighted by molar-refractivity contribution is 5.94. The molecule has 0 saturated heterocycles. The molecule has 24 heavy (non-hydrogen) atoms. The minimum atomic E-state index is -4.48. The molecule has 1 N–H and O–H groups in total. The van der Waals surface area contributed by atoms with Crippen LogP contribution in [-0.2, 0) is 6.18 Å². The van der Waals surface area contributed by atoms with Crippen molar-refractivity contribution in [1.82, 2.24) is 5.32 Å². The zero-order chi connectivity index (χ0) is 17.7. The number of nitrogens with one attached hydrogen (secondary N) is 1. The monoisotopic (exact) mass is 339 g/mol. The fourth-order valence-corrected chi connectivity index (χ4v) is 1.85. The van der Waals surface area contributed by atoms with Crippen LogP contribution in [0.1, 0.15) is 21.5 Å². The molecule has 124 valence electrons. The lowest BCUT2D eigenvalue weighted by Crippen LogP contribution is -2.25. The molecule has 0 aromatic heterocycles. The smallest absolute Gasteiger partial charge is 0.341 e. The number of hydrogen-bond acceptors (Lipinski definition) is 1. The Morgan fingerprint density at radius 1 is 1.04 bits per heavy atom. The summed E-state index contributed by atoms with van der Waals surface area (Å²) >= 11 is 0. The predicted octanol–water partition coefficient (Wildman–Crippen LogP) is 3.77. The highest BCUT2D eigenvalue weighted by Crippen LogP contribution is 2.29. The Morgan fingerprint density at radius 3 is 2.29 bits per heavy atom. The van der Waals surface area contributed by atoms with Gasteiger partial charge in [-0.15, -0.1) is 0 Å². The number of hydrogen-bond donors (Lipinski definition) is 1. The first-order valence-corrected chi connectivity index (χ1v) is 6.67. The van der Waals surface area contributed by atoms with E-state index in [1.807, 2.05) is 0 Å². The van der Waals surface area contributed by atoms with Crippen LogP contribution in [-0.4, -0.2) is 12.5 Å². The molecule has 2 rings (SSSR count). The molecule has 1 amide bonds. The third-order valence-electron chi connectivity index (χ3n) is 2.95. The number of benzene rings is 2. The summed E-state index contributed by atoms with van der Waals surface area (Å²) in [4.78, 5) is 11.7. The maximum Gasteiger partial charge on any atom is 0.416 e. The fourth-order valence-electron chi connectivity index (χ4n) is 1.85. The molecule has 0 unspecified atom stereocenters. The number of halogens is 5. The maximum absolute atomic E-state index is 13.4. The van der Waals surface area contributed by atoms with Crippen LogP contribution in [0.25, 0.3) is 0 Å². The van der Waals surface area contributed by atoms with Gasteiger partial charge in [-0.1, -0.05) is 24.0 Å². The second-order valence-corrected chi connectivity index (χ2v) is 4.66. The topological polar surface area (TPSA) is 29.1 Å². The summed E-state index contributed by atoms with van der Waals surface area (Å²) in [7, 11) is 0. The zero-order valence-electron chi connectivity index (χ0n) is 12.0. The highest BCUT2D eigenvalue weighted by atomic mass is 19.4. The molecule has 7 heteroatoms. The Labute approximate surface area is 134 Å². The molecule has 0 aliphatic rings. The molecule has 0 aliphatic heterocycles. The van der Waals surface area contributed by atoms with Crippen molar-refractivity contribution in [2.75, 3.05) is 6.54 Å². The number of rotatable bonds is 2. The van der Waals surface area contributed by atoms with Gasteiger partial charge in [0.25, 0.3) is 5.91 Å². The lowest BCUT2D eigenvalue weighted by Gasteiger charge is -2.06. The van der Waals surface area contributed by atoms with E-state index in [0.29, 0.717) is 0 Å². The van der Waals surface area contributed by atoms with Crippen LogP contribution >= 0.6 is 0 Å².